The molecular formula is C50H83N4O16P. The van der Waals surface area contributed by atoms with E-state index in [1.165, 1.54) is 26.6 Å². The number of amides is 2. The van der Waals surface area contributed by atoms with Crippen LogP contribution in [0.4, 0.5) is 0 Å². The number of carbonyl (C=O) groups is 2. The molecule has 2 fully saturated rings. The topological polar surface area (TPSA) is 306 Å². The number of nitrogens with zero attached hydrogens (tertiary/aromatic N) is 2. The third kappa shape index (κ3) is 17.0. The summed E-state index contributed by atoms with van der Waals surface area (Å²) in [7, 11) is 1.10. The number of methoxy groups -OCH3 is 2. The van der Waals surface area contributed by atoms with Gasteiger partial charge in [-0.15, -0.1) is 0 Å². The van der Waals surface area contributed by atoms with Crippen molar-refractivity contribution in [1.82, 2.24) is 15.2 Å². The molecule has 2 amide bonds. The number of aliphatic hydroxyl groups excluding tert-OH is 5. The number of aliphatic hydroxyl groups is 5. The number of hydrogen-bond donors (Lipinski definition) is 9. The van der Waals surface area contributed by atoms with E-state index in [1.54, 1.807) is 71.0 Å². The van der Waals surface area contributed by atoms with E-state index < -0.39 is 110 Å². The number of nitrogens with one attached hydrogen (secondary N) is 1. The molecule has 1 aromatic rings. The second-order valence-electron chi connectivity index (χ2n) is 20.1. The molecule has 2 aliphatic heterocycles. The number of carbonyl (C=O) groups excluding carboxylic acids is 2. The van der Waals surface area contributed by atoms with E-state index in [0.29, 0.717) is 23.6 Å². The van der Waals surface area contributed by atoms with Crippen LogP contribution in [-0.4, -0.2) is 165 Å². The van der Waals surface area contributed by atoms with Crippen molar-refractivity contribution >= 4 is 25.7 Å². The molecule has 0 aromatic carbocycles. The lowest BCUT2D eigenvalue weighted by Gasteiger charge is -2.50. The molecule has 20 nitrogen and oxygen atoms in total. The number of oxazole rings is 1. The van der Waals surface area contributed by atoms with E-state index in [1.807, 2.05) is 46.8 Å². The summed E-state index contributed by atoms with van der Waals surface area (Å²) >= 11 is 0. The highest BCUT2D eigenvalue weighted by molar-refractivity contribution is 7.46. The summed E-state index contributed by atoms with van der Waals surface area (Å²) < 4.78 is 48.2. The molecule has 2 saturated heterocycles. The van der Waals surface area contributed by atoms with Gasteiger partial charge in [-0.2, -0.15) is 0 Å². The molecule has 1 aromatic heterocycles. The van der Waals surface area contributed by atoms with Crippen molar-refractivity contribution in [1.29, 1.82) is 0 Å². The highest BCUT2D eigenvalue weighted by Crippen LogP contribution is 2.59. The summed E-state index contributed by atoms with van der Waals surface area (Å²) in [6.45, 7) is 16.4. The van der Waals surface area contributed by atoms with E-state index in [4.69, 9.17) is 33.6 Å². The molecule has 1 spiro atoms. The number of primary amides is 1. The summed E-state index contributed by atoms with van der Waals surface area (Å²) in [4.78, 5) is 50.4. The predicted molar refractivity (Wildman–Crippen MR) is 266 cm³/mol. The van der Waals surface area contributed by atoms with E-state index in [9.17, 15) is 49.5 Å². The number of aromatic nitrogens is 1. The van der Waals surface area contributed by atoms with E-state index in [0.717, 1.165) is 11.1 Å². The Labute approximate surface area is 419 Å². The summed E-state index contributed by atoms with van der Waals surface area (Å²) in [6.07, 6.45) is 3.69. The predicted octanol–water partition coefficient (Wildman–Crippen LogP) is 3.65. The van der Waals surface area contributed by atoms with Gasteiger partial charge in [0.2, 0.25) is 5.91 Å². The number of allylic oxidation sites excluding steroid dienone is 6. The second-order valence-corrected chi connectivity index (χ2v) is 21.3. The maximum absolute atomic E-state index is 12.6. The number of nitrogens with two attached hydrogens (primary N) is 1. The lowest BCUT2D eigenvalue weighted by Crippen LogP contribution is -2.58. The standard InChI is InChI=1S/C50H83N4O16P/c1-28(22-41(51)57)16-14-17-29(2)31(4)23-32(5)42(58)34(7)37(55)24-40(66-13)45-46(70-71(62,63)64)49(8,9)50(69-45)25-38(56)33(6)39(68-50)19-15-18-35-26-67-48(53-35)30(3)20-21-52-47(61)44(60)43(59)36(27-65-12)54(10)11/h14-18,22-23,26,30,32-34,36-40,42-46,55-56,58-60H,19-21,24-25,27H2,1-13H3,(H2,51,57)(H,52,61)(H2,62,63,64)/b16-14+,18-15+,28-22+,29-17-,31-23+/t30-,32+,33-,34-,36-,37-,38+,39-,40-,42+,43-,44-,45+,46-,50+/m0/s1. The van der Waals surface area contributed by atoms with Gasteiger partial charge in [-0.3, -0.25) is 14.1 Å². The van der Waals surface area contributed by atoms with Crippen LogP contribution in [0.3, 0.4) is 0 Å². The minimum atomic E-state index is -5.16. The Morgan fingerprint density at radius 1 is 1.06 bits per heavy atom. The first-order chi connectivity index (χ1) is 33.0. The molecule has 3 heterocycles. The van der Waals surface area contributed by atoms with Gasteiger partial charge in [0.15, 0.2) is 17.8 Å². The van der Waals surface area contributed by atoms with E-state index in [2.05, 4.69) is 10.3 Å². The zero-order valence-electron chi connectivity index (χ0n) is 43.7. The number of phosphoric acid groups is 1. The normalized spacial score (nSPS) is 27.5. The fourth-order valence-electron chi connectivity index (χ4n) is 9.09. The molecule has 0 unspecified atom stereocenters. The largest absolute Gasteiger partial charge is 0.469 e. The zero-order chi connectivity index (χ0) is 53.8. The van der Waals surface area contributed by atoms with Crippen molar-refractivity contribution in [3.8, 4) is 0 Å². The quantitative estimate of drug-likeness (QED) is 0.0345. The van der Waals surface area contributed by atoms with Gasteiger partial charge in [0.25, 0.3) is 5.91 Å². The summed E-state index contributed by atoms with van der Waals surface area (Å²) in [6, 6.07) is -0.597. The van der Waals surface area contributed by atoms with Crippen molar-refractivity contribution < 1.29 is 77.4 Å². The fourth-order valence-corrected chi connectivity index (χ4v) is 9.77. The minimum Gasteiger partial charge on any atom is -0.448 e. The lowest BCUT2D eigenvalue weighted by molar-refractivity contribution is -0.334. The molecule has 0 radical (unpaired) electrons. The number of hydrogen-bond acceptors (Lipinski definition) is 16. The third-order valence-corrected chi connectivity index (χ3v) is 14.6. The molecule has 404 valence electrons. The number of ether oxygens (including phenoxy) is 4. The maximum atomic E-state index is 12.6. The van der Waals surface area contributed by atoms with Gasteiger partial charge in [0, 0.05) is 68.8 Å². The Balaban J connectivity index is 1.74. The summed E-state index contributed by atoms with van der Waals surface area (Å²) in [5.74, 6) is -4.23. The van der Waals surface area contributed by atoms with Gasteiger partial charge in [0.1, 0.15) is 30.3 Å². The smallest absolute Gasteiger partial charge is 0.448 e. The Kier molecular flexibility index (Phi) is 23.7. The van der Waals surface area contributed by atoms with Crippen molar-refractivity contribution in [2.45, 2.75) is 161 Å². The van der Waals surface area contributed by atoms with Crippen LogP contribution in [0.5, 0.6) is 0 Å². The van der Waals surface area contributed by atoms with Gasteiger partial charge in [-0.05, 0) is 64.9 Å². The molecule has 0 bridgehead atoms. The monoisotopic (exact) mass is 1030 g/mol. The third-order valence-electron chi connectivity index (χ3n) is 14.1. The van der Waals surface area contributed by atoms with Crippen LogP contribution in [0.1, 0.15) is 105 Å². The first-order valence-electron chi connectivity index (χ1n) is 24.1. The Bertz CT molecular complexity index is 2080. The number of rotatable bonds is 27. The highest BCUT2D eigenvalue weighted by atomic mass is 31.2. The van der Waals surface area contributed by atoms with Gasteiger partial charge in [-0.25, -0.2) is 9.55 Å². The molecule has 71 heavy (non-hydrogen) atoms. The van der Waals surface area contributed by atoms with Crippen LogP contribution in [0.2, 0.25) is 0 Å². The zero-order valence-corrected chi connectivity index (χ0v) is 44.6. The van der Waals surface area contributed by atoms with Crippen molar-refractivity contribution in [3.05, 3.63) is 71.0 Å². The average molecular weight is 1030 g/mol. The Hall–Kier alpha value is -3.44. The first kappa shape index (κ1) is 61.9. The van der Waals surface area contributed by atoms with Crippen LogP contribution in [0.25, 0.3) is 6.08 Å². The Morgan fingerprint density at radius 3 is 2.31 bits per heavy atom. The minimum absolute atomic E-state index is 0.0709. The SMILES string of the molecule is COC[C@@H]([C@H](O)[C@H](O)C(=O)NCC[C@H](C)c1nc(/C=C/C[C@@H]2O[C@]3(C[C@@H](O)[C@@H]2C)O[C@H]([C@H](C[C@H](O)[C@H](C)[C@H](O)[C@H](C)/C=C(C)/C(C)=C\C=C\C(C)=C\C(N)=O)OC)[C@H](OP(=O)(O)O)C3(C)C)co1)N(C)C. The fraction of sp³-hybridized carbons (Fsp3) is 0.700. The van der Waals surface area contributed by atoms with Crippen LogP contribution in [0.15, 0.2) is 63.9 Å². The molecule has 2 aliphatic rings. The summed E-state index contributed by atoms with van der Waals surface area (Å²) in [5, 5.41) is 58.3. The summed E-state index contributed by atoms with van der Waals surface area (Å²) in [5.41, 5.74) is 6.90. The lowest BCUT2D eigenvalue weighted by atomic mass is 9.72. The van der Waals surface area contributed by atoms with Crippen molar-refractivity contribution in [2.24, 2.45) is 28.9 Å². The molecule has 0 saturated carbocycles. The number of likely N-dealkylation sites (N-methyl/N-ethyl adjacent to an activating group) is 1. The van der Waals surface area contributed by atoms with Gasteiger partial charge >= 0.3 is 7.82 Å². The average Bonchev–Trinajstić information content (AvgIpc) is 3.83. The molecule has 21 heteroatoms. The second kappa shape index (κ2) is 27.2. The van der Waals surface area contributed by atoms with Crippen LogP contribution in [-0.2, 0) is 37.6 Å². The van der Waals surface area contributed by atoms with Crippen molar-refractivity contribution in [2.75, 3.05) is 41.5 Å². The first-order valence-corrected chi connectivity index (χ1v) is 25.6. The molecular weight excluding hydrogens is 944 g/mol. The molecule has 3 rings (SSSR count). The van der Waals surface area contributed by atoms with Crippen LogP contribution < -0.4 is 11.1 Å². The molecule has 15 atom stereocenters. The van der Waals surface area contributed by atoms with Crippen molar-refractivity contribution in [3.63, 3.8) is 0 Å². The van der Waals surface area contributed by atoms with Gasteiger partial charge in [0.05, 0.1) is 43.2 Å². The van der Waals surface area contributed by atoms with Gasteiger partial charge < -0.3 is 74.6 Å². The molecule has 0 aliphatic carbocycles. The number of phosphoric ester groups is 1. The van der Waals surface area contributed by atoms with Crippen LogP contribution >= 0.6 is 7.82 Å². The van der Waals surface area contributed by atoms with E-state index >= 15 is 0 Å². The van der Waals surface area contributed by atoms with Crippen LogP contribution in [0, 0.1) is 23.2 Å². The maximum Gasteiger partial charge on any atom is 0.469 e. The van der Waals surface area contributed by atoms with E-state index in [-0.39, 0.29) is 38.3 Å². The van der Waals surface area contributed by atoms with Gasteiger partial charge in [-0.1, -0.05) is 77.5 Å². The molecule has 10 N–H and O–H groups in total. The Morgan fingerprint density at radius 2 is 1.72 bits per heavy atom. The highest BCUT2D eigenvalue weighted by Gasteiger charge is 2.68.